The molecule has 1 N–H and O–H groups in total. The number of para-hydroxylation sites is 1. The highest BCUT2D eigenvalue weighted by Crippen LogP contribution is 2.17. The van der Waals surface area contributed by atoms with Crippen LogP contribution in [0.1, 0.15) is 0 Å². The van der Waals surface area contributed by atoms with Crippen LogP contribution in [0.4, 0.5) is 4.79 Å². The first-order valence-corrected chi connectivity index (χ1v) is 4.92. The summed E-state index contributed by atoms with van der Waals surface area (Å²) in [5.41, 5.74) is 0. The number of amides is 1. The predicted octanol–water partition coefficient (Wildman–Crippen LogP) is 1.11. The number of carbonyl (C=O) groups is 1. The van der Waals surface area contributed by atoms with Crippen molar-refractivity contribution < 1.29 is 14.6 Å². The van der Waals surface area contributed by atoms with Gasteiger partial charge in [0, 0.05) is 25.6 Å². The Morgan fingerprint density at radius 2 is 2.07 bits per heavy atom. The number of aliphatic hydroxyl groups is 1. The minimum atomic E-state index is -0.342. The molecular formula is C11H13NO3. The van der Waals surface area contributed by atoms with Crippen LogP contribution in [0, 0.1) is 5.92 Å². The van der Waals surface area contributed by atoms with Gasteiger partial charge < -0.3 is 14.7 Å². The summed E-state index contributed by atoms with van der Waals surface area (Å²) in [4.78, 5) is 13.1. The second kappa shape index (κ2) is 4.31. The van der Waals surface area contributed by atoms with Gasteiger partial charge in [-0.3, -0.25) is 0 Å². The van der Waals surface area contributed by atoms with E-state index in [2.05, 4.69) is 0 Å². The third kappa shape index (κ3) is 2.27. The molecule has 1 aromatic carbocycles. The lowest BCUT2D eigenvalue weighted by Gasteiger charge is -2.36. The zero-order valence-corrected chi connectivity index (χ0v) is 8.30. The van der Waals surface area contributed by atoms with Crippen LogP contribution in [0.5, 0.6) is 5.75 Å². The fraction of sp³-hybridized carbons (Fsp3) is 0.364. The van der Waals surface area contributed by atoms with Gasteiger partial charge in [0.1, 0.15) is 5.75 Å². The molecule has 80 valence electrons. The molecule has 0 saturated carbocycles. The molecule has 1 aromatic rings. The first kappa shape index (κ1) is 9.98. The first-order valence-electron chi connectivity index (χ1n) is 4.92. The van der Waals surface area contributed by atoms with E-state index in [0.717, 1.165) is 0 Å². The Morgan fingerprint density at radius 1 is 1.40 bits per heavy atom. The summed E-state index contributed by atoms with van der Waals surface area (Å²) in [6.07, 6.45) is -0.342. The molecule has 0 bridgehead atoms. The third-order valence-corrected chi connectivity index (χ3v) is 2.42. The Hall–Kier alpha value is -1.55. The van der Waals surface area contributed by atoms with Gasteiger partial charge in [0.25, 0.3) is 0 Å². The quantitative estimate of drug-likeness (QED) is 0.790. The van der Waals surface area contributed by atoms with E-state index in [0.29, 0.717) is 18.8 Å². The SMILES string of the molecule is O=C(Oc1ccccc1)N1CC(CO)C1. The number of carbonyl (C=O) groups excluding carboxylic acids is 1. The van der Waals surface area contributed by atoms with Crippen LogP contribution < -0.4 is 4.74 Å². The lowest BCUT2D eigenvalue weighted by molar-refractivity contribution is 0.0567. The summed E-state index contributed by atoms with van der Waals surface area (Å²) in [7, 11) is 0. The molecule has 0 radical (unpaired) electrons. The van der Waals surface area contributed by atoms with Crippen molar-refractivity contribution in [2.24, 2.45) is 5.92 Å². The van der Waals surface area contributed by atoms with E-state index < -0.39 is 0 Å². The summed E-state index contributed by atoms with van der Waals surface area (Å²) < 4.78 is 5.12. The van der Waals surface area contributed by atoms with Crippen LogP contribution in [-0.4, -0.2) is 35.8 Å². The molecule has 4 heteroatoms. The second-order valence-corrected chi connectivity index (χ2v) is 3.63. The van der Waals surface area contributed by atoms with Gasteiger partial charge in [0.05, 0.1) is 0 Å². The third-order valence-electron chi connectivity index (χ3n) is 2.42. The molecule has 0 spiro atoms. The van der Waals surface area contributed by atoms with Crippen LogP contribution in [0.15, 0.2) is 30.3 Å². The monoisotopic (exact) mass is 207 g/mol. The number of rotatable bonds is 2. The minimum absolute atomic E-state index is 0.134. The van der Waals surface area contributed by atoms with E-state index in [9.17, 15) is 4.79 Å². The van der Waals surface area contributed by atoms with Crippen LogP contribution in [0.3, 0.4) is 0 Å². The molecule has 0 unspecified atom stereocenters. The largest absolute Gasteiger partial charge is 0.415 e. The molecule has 1 amide bonds. The average molecular weight is 207 g/mol. The molecule has 0 aromatic heterocycles. The molecule has 1 aliphatic rings. The molecule has 1 aliphatic heterocycles. The molecule has 1 fully saturated rings. The normalized spacial score (nSPS) is 15.9. The topological polar surface area (TPSA) is 49.8 Å². The van der Waals surface area contributed by atoms with Crippen molar-refractivity contribution in [3.63, 3.8) is 0 Å². The van der Waals surface area contributed by atoms with Gasteiger partial charge in [-0.05, 0) is 12.1 Å². The van der Waals surface area contributed by atoms with Crippen molar-refractivity contribution in [3.8, 4) is 5.75 Å². The lowest BCUT2D eigenvalue weighted by Crippen LogP contribution is -2.52. The van der Waals surface area contributed by atoms with Crippen LogP contribution in [-0.2, 0) is 0 Å². The summed E-state index contributed by atoms with van der Waals surface area (Å²) in [5.74, 6) is 0.767. The summed E-state index contributed by atoms with van der Waals surface area (Å²) in [6.45, 7) is 1.31. The Balaban J connectivity index is 1.84. The highest BCUT2D eigenvalue weighted by atomic mass is 16.6. The van der Waals surface area contributed by atoms with Gasteiger partial charge in [0.2, 0.25) is 0 Å². The number of ether oxygens (including phenoxy) is 1. The molecule has 2 rings (SSSR count). The van der Waals surface area contributed by atoms with Crippen molar-refractivity contribution in [2.45, 2.75) is 0 Å². The number of nitrogens with zero attached hydrogens (tertiary/aromatic N) is 1. The zero-order valence-electron chi connectivity index (χ0n) is 8.30. The van der Waals surface area contributed by atoms with Gasteiger partial charge in [0.15, 0.2) is 0 Å². The van der Waals surface area contributed by atoms with E-state index in [1.807, 2.05) is 18.2 Å². The van der Waals surface area contributed by atoms with Crippen molar-refractivity contribution in [3.05, 3.63) is 30.3 Å². The van der Waals surface area contributed by atoms with E-state index in [-0.39, 0.29) is 18.6 Å². The highest BCUT2D eigenvalue weighted by Gasteiger charge is 2.31. The highest BCUT2D eigenvalue weighted by molar-refractivity contribution is 5.71. The molecule has 15 heavy (non-hydrogen) atoms. The van der Waals surface area contributed by atoms with E-state index in [1.54, 1.807) is 17.0 Å². The van der Waals surface area contributed by atoms with E-state index in [4.69, 9.17) is 9.84 Å². The molecule has 4 nitrogen and oxygen atoms in total. The minimum Gasteiger partial charge on any atom is -0.410 e. The fourth-order valence-corrected chi connectivity index (χ4v) is 1.49. The molecule has 1 heterocycles. The molecule has 1 saturated heterocycles. The van der Waals surface area contributed by atoms with Gasteiger partial charge >= 0.3 is 6.09 Å². The maximum Gasteiger partial charge on any atom is 0.415 e. The summed E-state index contributed by atoms with van der Waals surface area (Å²) in [5, 5.41) is 8.80. The van der Waals surface area contributed by atoms with Gasteiger partial charge in [-0.15, -0.1) is 0 Å². The maximum absolute atomic E-state index is 11.5. The second-order valence-electron chi connectivity index (χ2n) is 3.63. The van der Waals surface area contributed by atoms with Gasteiger partial charge in [-0.2, -0.15) is 0 Å². The standard InChI is InChI=1S/C11H13NO3/c13-8-9-6-12(7-9)11(14)15-10-4-2-1-3-5-10/h1-5,9,13H,6-8H2. The van der Waals surface area contributed by atoms with Crippen LogP contribution in [0.25, 0.3) is 0 Å². The first-order chi connectivity index (χ1) is 7.29. The number of hydrogen-bond donors (Lipinski definition) is 1. The van der Waals surface area contributed by atoms with E-state index in [1.165, 1.54) is 0 Å². The Morgan fingerprint density at radius 3 is 2.67 bits per heavy atom. The predicted molar refractivity (Wildman–Crippen MR) is 54.6 cm³/mol. The maximum atomic E-state index is 11.5. The number of aliphatic hydroxyl groups excluding tert-OH is 1. The molecule has 0 atom stereocenters. The van der Waals surface area contributed by atoms with Crippen molar-refractivity contribution in [1.82, 2.24) is 4.90 Å². The smallest absolute Gasteiger partial charge is 0.410 e. The summed E-state index contributed by atoms with van der Waals surface area (Å²) >= 11 is 0. The van der Waals surface area contributed by atoms with Crippen LogP contribution in [0.2, 0.25) is 0 Å². The number of hydrogen-bond acceptors (Lipinski definition) is 3. The van der Waals surface area contributed by atoms with Crippen LogP contribution >= 0.6 is 0 Å². The van der Waals surface area contributed by atoms with Crippen molar-refractivity contribution >= 4 is 6.09 Å². The van der Waals surface area contributed by atoms with E-state index >= 15 is 0 Å². The Labute approximate surface area is 88.1 Å². The van der Waals surface area contributed by atoms with Gasteiger partial charge in [-0.1, -0.05) is 18.2 Å². The zero-order chi connectivity index (χ0) is 10.7. The van der Waals surface area contributed by atoms with Crippen molar-refractivity contribution in [1.29, 1.82) is 0 Å². The Bertz CT molecular complexity index is 333. The van der Waals surface area contributed by atoms with Gasteiger partial charge in [-0.25, -0.2) is 4.79 Å². The molecular weight excluding hydrogens is 194 g/mol. The number of benzene rings is 1. The number of likely N-dealkylation sites (tertiary alicyclic amines) is 1. The summed E-state index contributed by atoms with van der Waals surface area (Å²) in [6, 6.07) is 8.97. The average Bonchev–Trinajstić information content (AvgIpc) is 2.17. The van der Waals surface area contributed by atoms with Crippen molar-refractivity contribution in [2.75, 3.05) is 19.7 Å². The lowest BCUT2D eigenvalue weighted by atomic mass is 10.0. The fourth-order valence-electron chi connectivity index (χ4n) is 1.49. The molecule has 0 aliphatic carbocycles. The Kier molecular flexibility index (Phi) is 2.87.